The quantitative estimate of drug-likeness (QED) is 0.906. The number of fused-ring (bicyclic) bond motifs is 1. The molecule has 0 saturated heterocycles. The van der Waals surface area contributed by atoms with Crippen molar-refractivity contribution in [3.05, 3.63) is 35.7 Å². The van der Waals surface area contributed by atoms with Crippen LogP contribution in [0.4, 0.5) is 11.4 Å². The minimum Gasteiger partial charge on any atom is -0.324 e. The molecule has 3 rings (SSSR count). The summed E-state index contributed by atoms with van der Waals surface area (Å²) in [5, 5.41) is 9.57. The van der Waals surface area contributed by atoms with Crippen LogP contribution in [0.5, 0.6) is 0 Å². The van der Waals surface area contributed by atoms with Crippen molar-refractivity contribution in [1.29, 1.82) is 0 Å². The molecule has 0 spiro atoms. The molecule has 1 aliphatic rings. The van der Waals surface area contributed by atoms with Crippen LogP contribution in [0.25, 0.3) is 0 Å². The zero-order chi connectivity index (χ0) is 16.6. The van der Waals surface area contributed by atoms with E-state index in [1.165, 1.54) is 11.8 Å². The van der Waals surface area contributed by atoms with Gasteiger partial charge < -0.3 is 10.6 Å². The lowest BCUT2D eigenvalue weighted by atomic mass is 10.2. The molecule has 1 aromatic heterocycles. The standard InChI is InChI=1S/C16H18N4O2S/c1-9-15(10(2)20(3)19-9)18-14(21)8-13-16(22)17-11-6-4-5-7-12(11)23-13/h4-7,13H,8H2,1-3H3,(H,17,22)(H,18,21). The van der Waals surface area contributed by atoms with Crippen LogP contribution in [0, 0.1) is 13.8 Å². The van der Waals surface area contributed by atoms with Crippen LogP contribution in [0.15, 0.2) is 29.2 Å². The van der Waals surface area contributed by atoms with E-state index in [2.05, 4.69) is 15.7 Å². The van der Waals surface area contributed by atoms with E-state index >= 15 is 0 Å². The number of amides is 2. The SMILES string of the molecule is Cc1nn(C)c(C)c1NC(=O)CC1Sc2ccccc2NC1=O. The highest BCUT2D eigenvalue weighted by molar-refractivity contribution is 8.01. The Morgan fingerprint density at radius 1 is 1.39 bits per heavy atom. The van der Waals surface area contributed by atoms with Crippen LogP contribution >= 0.6 is 11.8 Å². The number of hydrogen-bond donors (Lipinski definition) is 2. The van der Waals surface area contributed by atoms with Gasteiger partial charge in [0.1, 0.15) is 0 Å². The van der Waals surface area contributed by atoms with Gasteiger partial charge in [-0.25, -0.2) is 0 Å². The number of aromatic nitrogens is 2. The minimum atomic E-state index is -0.429. The molecule has 0 radical (unpaired) electrons. The summed E-state index contributed by atoms with van der Waals surface area (Å²) in [5.41, 5.74) is 3.18. The van der Waals surface area contributed by atoms with Gasteiger partial charge in [0.2, 0.25) is 11.8 Å². The molecule has 1 aromatic carbocycles. The molecule has 1 atom stereocenters. The first kappa shape index (κ1) is 15.6. The molecule has 1 unspecified atom stereocenters. The van der Waals surface area contributed by atoms with E-state index in [4.69, 9.17) is 0 Å². The van der Waals surface area contributed by atoms with Crippen LogP contribution < -0.4 is 10.6 Å². The van der Waals surface area contributed by atoms with Crippen molar-refractivity contribution in [2.75, 3.05) is 10.6 Å². The van der Waals surface area contributed by atoms with Gasteiger partial charge >= 0.3 is 0 Å². The first-order valence-corrected chi connectivity index (χ1v) is 8.20. The maximum absolute atomic E-state index is 12.3. The summed E-state index contributed by atoms with van der Waals surface area (Å²) in [6.07, 6.45) is 0.124. The van der Waals surface area contributed by atoms with E-state index in [-0.39, 0.29) is 18.2 Å². The maximum Gasteiger partial charge on any atom is 0.238 e. The number of carbonyl (C=O) groups is 2. The molecule has 0 saturated carbocycles. The third-order valence-electron chi connectivity index (χ3n) is 3.85. The fraction of sp³-hybridized carbons (Fsp3) is 0.312. The number of carbonyl (C=O) groups excluding carboxylic acids is 2. The molecule has 2 heterocycles. The summed E-state index contributed by atoms with van der Waals surface area (Å²) < 4.78 is 1.73. The molecule has 2 N–H and O–H groups in total. The highest BCUT2D eigenvalue weighted by Crippen LogP contribution is 2.36. The second-order valence-corrected chi connectivity index (χ2v) is 6.76. The third kappa shape index (κ3) is 3.10. The van der Waals surface area contributed by atoms with E-state index in [0.717, 1.165) is 27.7 Å². The fourth-order valence-electron chi connectivity index (χ4n) is 2.54. The second-order valence-electron chi connectivity index (χ2n) is 5.51. The average Bonchev–Trinajstić information content (AvgIpc) is 2.74. The summed E-state index contributed by atoms with van der Waals surface area (Å²) in [6.45, 7) is 3.74. The van der Waals surface area contributed by atoms with Gasteiger partial charge in [-0.05, 0) is 26.0 Å². The predicted octanol–water partition coefficient (Wildman–Crippen LogP) is 2.48. The lowest BCUT2D eigenvalue weighted by molar-refractivity contribution is -0.120. The Kier molecular flexibility index (Phi) is 4.12. The van der Waals surface area contributed by atoms with Gasteiger partial charge in [0.05, 0.1) is 28.0 Å². The zero-order valence-corrected chi connectivity index (χ0v) is 14.0. The molecule has 1 aliphatic heterocycles. The second kappa shape index (κ2) is 6.08. The van der Waals surface area contributed by atoms with Crippen molar-refractivity contribution >= 4 is 35.0 Å². The van der Waals surface area contributed by atoms with Gasteiger partial charge in [-0.2, -0.15) is 5.10 Å². The van der Waals surface area contributed by atoms with E-state index in [1.807, 2.05) is 45.2 Å². The molecule has 6 nitrogen and oxygen atoms in total. The maximum atomic E-state index is 12.3. The van der Waals surface area contributed by atoms with Crippen LogP contribution in [0.2, 0.25) is 0 Å². The lowest BCUT2D eigenvalue weighted by Gasteiger charge is -2.23. The fourth-order valence-corrected chi connectivity index (χ4v) is 3.65. The summed E-state index contributed by atoms with van der Waals surface area (Å²) in [4.78, 5) is 25.4. The van der Waals surface area contributed by atoms with Crippen LogP contribution in [-0.2, 0) is 16.6 Å². The van der Waals surface area contributed by atoms with Gasteiger partial charge in [0.25, 0.3) is 0 Å². The highest BCUT2D eigenvalue weighted by atomic mass is 32.2. The van der Waals surface area contributed by atoms with Gasteiger partial charge in [0.15, 0.2) is 0 Å². The van der Waals surface area contributed by atoms with E-state index in [1.54, 1.807) is 4.68 Å². The Hall–Kier alpha value is -2.28. The highest BCUT2D eigenvalue weighted by Gasteiger charge is 2.29. The molecule has 0 bridgehead atoms. The van der Waals surface area contributed by atoms with E-state index < -0.39 is 5.25 Å². The van der Waals surface area contributed by atoms with Crippen molar-refractivity contribution in [1.82, 2.24) is 9.78 Å². The first-order valence-electron chi connectivity index (χ1n) is 7.32. The Bertz CT molecular complexity index is 784. The van der Waals surface area contributed by atoms with Crippen molar-refractivity contribution < 1.29 is 9.59 Å². The van der Waals surface area contributed by atoms with Crippen LogP contribution in [0.1, 0.15) is 17.8 Å². The number of aryl methyl sites for hydroxylation is 2. The number of nitrogens with one attached hydrogen (secondary N) is 2. The van der Waals surface area contributed by atoms with Crippen molar-refractivity contribution in [3.63, 3.8) is 0 Å². The van der Waals surface area contributed by atoms with E-state index in [9.17, 15) is 9.59 Å². The normalized spacial score (nSPS) is 16.7. The number of anilines is 2. The molecule has 0 fully saturated rings. The number of benzene rings is 1. The monoisotopic (exact) mass is 330 g/mol. The first-order chi connectivity index (χ1) is 11.0. The molecular weight excluding hydrogens is 312 g/mol. The van der Waals surface area contributed by atoms with Gasteiger partial charge in [0, 0.05) is 18.4 Å². The molecule has 2 aromatic rings. The van der Waals surface area contributed by atoms with Crippen LogP contribution in [0.3, 0.4) is 0 Å². The van der Waals surface area contributed by atoms with Gasteiger partial charge in [-0.15, -0.1) is 11.8 Å². The lowest BCUT2D eigenvalue weighted by Crippen LogP contribution is -2.32. The number of hydrogen-bond acceptors (Lipinski definition) is 4. The third-order valence-corrected chi connectivity index (χ3v) is 5.13. The van der Waals surface area contributed by atoms with Gasteiger partial charge in [-0.1, -0.05) is 12.1 Å². The summed E-state index contributed by atoms with van der Waals surface area (Å²) in [6, 6.07) is 7.60. The Balaban J connectivity index is 1.70. The number of rotatable bonds is 3. The number of thioether (sulfide) groups is 1. The molecule has 2 amide bonds. The Morgan fingerprint density at radius 2 is 2.13 bits per heavy atom. The van der Waals surface area contributed by atoms with Crippen molar-refractivity contribution in [2.24, 2.45) is 7.05 Å². The summed E-state index contributed by atoms with van der Waals surface area (Å²) in [5.74, 6) is -0.320. The Labute approximate surface area is 138 Å². The molecular formula is C16H18N4O2S. The average molecular weight is 330 g/mol. The smallest absolute Gasteiger partial charge is 0.238 e. The predicted molar refractivity (Wildman–Crippen MR) is 90.6 cm³/mol. The topological polar surface area (TPSA) is 76.0 Å². The summed E-state index contributed by atoms with van der Waals surface area (Å²) >= 11 is 1.42. The van der Waals surface area contributed by atoms with Crippen molar-refractivity contribution in [2.45, 2.75) is 30.4 Å². The molecule has 0 aliphatic carbocycles. The van der Waals surface area contributed by atoms with Crippen LogP contribution in [-0.4, -0.2) is 26.8 Å². The zero-order valence-electron chi connectivity index (χ0n) is 13.2. The van der Waals surface area contributed by atoms with E-state index in [0.29, 0.717) is 0 Å². The molecule has 120 valence electrons. The Morgan fingerprint density at radius 3 is 2.83 bits per heavy atom. The van der Waals surface area contributed by atoms with Crippen molar-refractivity contribution in [3.8, 4) is 0 Å². The number of para-hydroxylation sites is 1. The summed E-state index contributed by atoms with van der Waals surface area (Å²) in [7, 11) is 1.83. The largest absolute Gasteiger partial charge is 0.324 e. The van der Waals surface area contributed by atoms with Gasteiger partial charge in [-0.3, -0.25) is 14.3 Å². The molecule has 23 heavy (non-hydrogen) atoms. The molecule has 7 heteroatoms. The minimum absolute atomic E-state index is 0.124. The number of nitrogens with zero attached hydrogens (tertiary/aromatic N) is 2.